The molecule has 2 aromatic heterocycles. The van der Waals surface area contributed by atoms with Crippen molar-refractivity contribution in [1.29, 1.82) is 0 Å². The summed E-state index contributed by atoms with van der Waals surface area (Å²) in [5.41, 5.74) is 0.445. The van der Waals surface area contributed by atoms with E-state index in [4.69, 9.17) is 0 Å². The standard InChI is InChI=1S/C11H10N4O2S/c1-7(16)5-9-13-11(18-15-9)14-10(17)8-3-2-4-12-6-8/h2-4,6H,5H2,1H3,(H,13,14,15,17). The smallest absolute Gasteiger partial charge is 0.259 e. The molecule has 1 amide bonds. The molecule has 2 heterocycles. The van der Waals surface area contributed by atoms with Gasteiger partial charge in [0, 0.05) is 23.9 Å². The van der Waals surface area contributed by atoms with E-state index in [0.29, 0.717) is 16.5 Å². The Morgan fingerprint density at radius 2 is 2.28 bits per heavy atom. The molecule has 0 unspecified atom stereocenters. The SMILES string of the molecule is CC(=O)Cc1nsc(NC(=O)c2cccnc2)n1. The van der Waals surface area contributed by atoms with Gasteiger partial charge in [0.1, 0.15) is 5.78 Å². The van der Waals surface area contributed by atoms with Gasteiger partial charge in [0.15, 0.2) is 5.82 Å². The van der Waals surface area contributed by atoms with Crippen molar-refractivity contribution in [1.82, 2.24) is 14.3 Å². The summed E-state index contributed by atoms with van der Waals surface area (Å²) in [7, 11) is 0. The zero-order valence-corrected chi connectivity index (χ0v) is 10.4. The van der Waals surface area contributed by atoms with Gasteiger partial charge < -0.3 is 0 Å². The monoisotopic (exact) mass is 262 g/mol. The van der Waals surface area contributed by atoms with Crippen LogP contribution in [0, 0.1) is 0 Å². The summed E-state index contributed by atoms with van der Waals surface area (Å²) in [5.74, 6) is 0.112. The normalized spacial score (nSPS) is 10.1. The summed E-state index contributed by atoms with van der Waals surface area (Å²) in [5, 5.41) is 2.98. The summed E-state index contributed by atoms with van der Waals surface area (Å²) in [6, 6.07) is 3.33. The third-order valence-electron chi connectivity index (χ3n) is 2.02. The third-order valence-corrected chi connectivity index (χ3v) is 2.69. The molecule has 1 N–H and O–H groups in total. The summed E-state index contributed by atoms with van der Waals surface area (Å²) >= 11 is 1.05. The zero-order chi connectivity index (χ0) is 13.0. The van der Waals surface area contributed by atoms with E-state index in [-0.39, 0.29) is 18.1 Å². The fourth-order valence-corrected chi connectivity index (χ4v) is 1.85. The minimum absolute atomic E-state index is 0.0158. The van der Waals surface area contributed by atoms with Crippen LogP contribution in [0.3, 0.4) is 0 Å². The number of carbonyl (C=O) groups excluding carboxylic acids is 2. The largest absolute Gasteiger partial charge is 0.300 e. The molecular weight excluding hydrogens is 252 g/mol. The Morgan fingerprint density at radius 3 is 2.94 bits per heavy atom. The second kappa shape index (κ2) is 5.46. The van der Waals surface area contributed by atoms with Gasteiger partial charge in [-0.05, 0) is 19.1 Å². The first-order valence-corrected chi connectivity index (χ1v) is 5.96. The molecule has 0 atom stereocenters. The quantitative estimate of drug-likeness (QED) is 0.898. The maximum atomic E-state index is 11.8. The molecule has 0 radical (unpaired) electrons. The lowest BCUT2D eigenvalue weighted by Gasteiger charge is -1.99. The molecule has 0 saturated carbocycles. The summed E-state index contributed by atoms with van der Waals surface area (Å²) in [6.07, 6.45) is 3.23. The molecule has 0 aliphatic carbocycles. The average molecular weight is 262 g/mol. The highest BCUT2D eigenvalue weighted by molar-refractivity contribution is 7.09. The average Bonchev–Trinajstić information content (AvgIpc) is 2.76. The van der Waals surface area contributed by atoms with E-state index < -0.39 is 0 Å². The molecule has 6 nitrogen and oxygen atoms in total. The summed E-state index contributed by atoms with van der Waals surface area (Å²) < 4.78 is 3.98. The summed E-state index contributed by atoms with van der Waals surface area (Å²) in [4.78, 5) is 30.6. The van der Waals surface area contributed by atoms with Crippen LogP contribution >= 0.6 is 11.5 Å². The molecule has 7 heteroatoms. The Bertz CT molecular complexity index is 567. The maximum Gasteiger partial charge on any atom is 0.259 e. The van der Waals surface area contributed by atoms with E-state index >= 15 is 0 Å². The number of Topliss-reactive ketones (excluding diaryl/α,β-unsaturated/α-hetero) is 1. The topological polar surface area (TPSA) is 84.8 Å². The number of anilines is 1. The first-order chi connectivity index (χ1) is 8.65. The van der Waals surface area contributed by atoms with E-state index in [0.717, 1.165) is 11.5 Å². The van der Waals surface area contributed by atoms with Crippen LogP contribution in [-0.4, -0.2) is 26.0 Å². The number of ketones is 1. The zero-order valence-electron chi connectivity index (χ0n) is 9.58. The van der Waals surface area contributed by atoms with Crippen molar-refractivity contribution in [2.24, 2.45) is 0 Å². The van der Waals surface area contributed by atoms with Crippen molar-refractivity contribution >= 4 is 28.4 Å². The van der Waals surface area contributed by atoms with Crippen LogP contribution in [0.4, 0.5) is 5.13 Å². The molecule has 18 heavy (non-hydrogen) atoms. The van der Waals surface area contributed by atoms with Crippen molar-refractivity contribution < 1.29 is 9.59 Å². The molecule has 0 spiro atoms. The van der Waals surface area contributed by atoms with E-state index in [2.05, 4.69) is 19.7 Å². The number of nitrogens with one attached hydrogen (secondary N) is 1. The Labute approximate surface area is 107 Å². The molecule has 0 fully saturated rings. The van der Waals surface area contributed by atoms with Crippen LogP contribution in [0.5, 0.6) is 0 Å². The van der Waals surface area contributed by atoms with Gasteiger partial charge in [-0.25, -0.2) is 4.98 Å². The lowest BCUT2D eigenvalue weighted by atomic mass is 10.3. The highest BCUT2D eigenvalue weighted by Gasteiger charge is 2.10. The predicted molar refractivity (Wildman–Crippen MR) is 66.5 cm³/mol. The molecule has 0 aliphatic rings. The van der Waals surface area contributed by atoms with Crippen LogP contribution in [0.1, 0.15) is 23.1 Å². The van der Waals surface area contributed by atoms with Gasteiger partial charge in [-0.15, -0.1) is 0 Å². The molecule has 0 aromatic carbocycles. The van der Waals surface area contributed by atoms with Crippen molar-refractivity contribution in [3.8, 4) is 0 Å². The first kappa shape index (κ1) is 12.3. The lowest BCUT2D eigenvalue weighted by molar-refractivity contribution is -0.116. The molecular formula is C11H10N4O2S. The van der Waals surface area contributed by atoms with Crippen LogP contribution in [0.2, 0.25) is 0 Å². The minimum atomic E-state index is -0.298. The fourth-order valence-electron chi connectivity index (χ4n) is 1.27. The fraction of sp³-hybridized carbons (Fsp3) is 0.182. The number of rotatable bonds is 4. The lowest BCUT2D eigenvalue weighted by Crippen LogP contribution is -2.11. The number of hydrogen-bond donors (Lipinski definition) is 1. The predicted octanol–water partition coefficient (Wildman–Crippen LogP) is 1.32. The van der Waals surface area contributed by atoms with Crippen molar-refractivity contribution in [3.05, 3.63) is 35.9 Å². The molecule has 92 valence electrons. The first-order valence-electron chi connectivity index (χ1n) is 5.18. The van der Waals surface area contributed by atoms with E-state index in [1.54, 1.807) is 18.3 Å². The molecule has 2 aromatic rings. The number of amides is 1. The Hall–Kier alpha value is -2.15. The van der Waals surface area contributed by atoms with Gasteiger partial charge >= 0.3 is 0 Å². The number of nitrogens with zero attached hydrogens (tertiary/aromatic N) is 3. The summed E-state index contributed by atoms with van der Waals surface area (Å²) in [6.45, 7) is 1.47. The number of carbonyl (C=O) groups is 2. The molecule has 0 saturated heterocycles. The highest BCUT2D eigenvalue weighted by atomic mass is 32.1. The number of aromatic nitrogens is 3. The molecule has 2 rings (SSSR count). The van der Waals surface area contributed by atoms with Crippen LogP contribution in [0.25, 0.3) is 0 Å². The van der Waals surface area contributed by atoms with Gasteiger partial charge in [0.05, 0.1) is 12.0 Å². The number of pyridine rings is 1. The highest BCUT2D eigenvalue weighted by Crippen LogP contribution is 2.12. The molecule has 0 bridgehead atoms. The second-order valence-corrected chi connectivity index (χ2v) is 4.34. The van der Waals surface area contributed by atoms with Crippen molar-refractivity contribution in [2.45, 2.75) is 13.3 Å². The Balaban J connectivity index is 2.04. The van der Waals surface area contributed by atoms with Crippen LogP contribution in [0.15, 0.2) is 24.5 Å². The van der Waals surface area contributed by atoms with Crippen molar-refractivity contribution in [2.75, 3.05) is 5.32 Å². The van der Waals surface area contributed by atoms with Gasteiger partial charge in [0.2, 0.25) is 5.13 Å². The van der Waals surface area contributed by atoms with Gasteiger partial charge in [-0.2, -0.15) is 4.37 Å². The van der Waals surface area contributed by atoms with E-state index in [9.17, 15) is 9.59 Å². The maximum absolute atomic E-state index is 11.8. The van der Waals surface area contributed by atoms with E-state index in [1.165, 1.54) is 13.1 Å². The third kappa shape index (κ3) is 3.17. The van der Waals surface area contributed by atoms with Gasteiger partial charge in [-0.3, -0.25) is 19.9 Å². The van der Waals surface area contributed by atoms with Gasteiger partial charge in [-0.1, -0.05) is 0 Å². The van der Waals surface area contributed by atoms with Crippen LogP contribution < -0.4 is 5.32 Å². The second-order valence-electron chi connectivity index (χ2n) is 3.59. The number of hydrogen-bond acceptors (Lipinski definition) is 6. The van der Waals surface area contributed by atoms with Crippen molar-refractivity contribution in [3.63, 3.8) is 0 Å². The Morgan fingerprint density at radius 1 is 1.44 bits per heavy atom. The van der Waals surface area contributed by atoms with Gasteiger partial charge in [0.25, 0.3) is 5.91 Å². The molecule has 0 aliphatic heterocycles. The van der Waals surface area contributed by atoms with E-state index in [1.807, 2.05) is 0 Å². The van der Waals surface area contributed by atoms with Crippen LogP contribution in [-0.2, 0) is 11.2 Å². The Kier molecular flexibility index (Phi) is 3.73. The minimum Gasteiger partial charge on any atom is -0.300 e.